The van der Waals surface area contributed by atoms with E-state index < -0.39 is 12.0 Å². The minimum atomic E-state index is -0.920. The van der Waals surface area contributed by atoms with Gasteiger partial charge in [-0.1, -0.05) is 20.8 Å². The van der Waals surface area contributed by atoms with Gasteiger partial charge in [-0.25, -0.2) is 4.98 Å². The second kappa shape index (κ2) is 6.26. The lowest BCUT2D eigenvalue weighted by atomic mass is 9.98. The molecule has 0 fully saturated rings. The highest BCUT2D eigenvalue weighted by molar-refractivity contribution is 7.09. The van der Waals surface area contributed by atoms with Gasteiger partial charge in [0.15, 0.2) is 0 Å². The summed E-state index contributed by atoms with van der Waals surface area (Å²) in [4.78, 5) is 15.6. The number of nitrogens with one attached hydrogen (secondary N) is 1. The molecule has 6 heteroatoms. The first-order chi connectivity index (χ1) is 8.36. The molecule has 0 aliphatic heterocycles. The Morgan fingerprint density at radius 1 is 1.61 bits per heavy atom. The van der Waals surface area contributed by atoms with E-state index in [1.54, 1.807) is 12.5 Å². The Hall–Kier alpha value is -0.980. The number of hydrogen-bond donors (Lipinski definition) is 2. The van der Waals surface area contributed by atoms with Crippen LogP contribution in [-0.2, 0) is 14.9 Å². The third kappa shape index (κ3) is 4.04. The summed E-state index contributed by atoms with van der Waals surface area (Å²) < 4.78 is 4.89. The minimum Gasteiger partial charge on any atom is -0.480 e. The molecule has 0 radical (unpaired) electrons. The average molecular weight is 272 g/mol. The number of aliphatic carboxylic acids is 1. The van der Waals surface area contributed by atoms with Gasteiger partial charge in [0.25, 0.3) is 0 Å². The van der Waals surface area contributed by atoms with Gasteiger partial charge in [0.05, 0.1) is 17.3 Å². The molecule has 1 atom stereocenters. The predicted molar refractivity (Wildman–Crippen MR) is 71.1 cm³/mol. The number of ether oxygens (including phenoxy) is 1. The summed E-state index contributed by atoms with van der Waals surface area (Å²) in [6, 6.07) is -0.771. The maximum Gasteiger partial charge on any atom is 0.327 e. The second-order valence-corrected chi connectivity index (χ2v) is 5.90. The van der Waals surface area contributed by atoms with Crippen molar-refractivity contribution < 1.29 is 14.6 Å². The van der Waals surface area contributed by atoms with E-state index in [-0.39, 0.29) is 5.41 Å². The van der Waals surface area contributed by atoms with Crippen molar-refractivity contribution in [2.24, 2.45) is 0 Å². The zero-order chi connectivity index (χ0) is 13.8. The normalized spacial score (nSPS) is 13.6. The SMILES string of the molecule is COCCNC(C(=O)O)c1csc(C(C)(C)C)n1. The summed E-state index contributed by atoms with van der Waals surface area (Å²) >= 11 is 1.50. The van der Waals surface area contributed by atoms with Gasteiger partial charge in [0.2, 0.25) is 0 Å². The van der Waals surface area contributed by atoms with Crippen molar-refractivity contribution in [1.82, 2.24) is 10.3 Å². The van der Waals surface area contributed by atoms with E-state index in [1.807, 2.05) is 0 Å². The van der Waals surface area contributed by atoms with Crippen LogP contribution in [0.2, 0.25) is 0 Å². The van der Waals surface area contributed by atoms with Crippen LogP contribution in [0, 0.1) is 0 Å². The Labute approximate surface area is 111 Å². The molecule has 1 heterocycles. The Balaban J connectivity index is 2.80. The summed E-state index contributed by atoms with van der Waals surface area (Å²) in [5.74, 6) is -0.920. The van der Waals surface area contributed by atoms with Gasteiger partial charge in [-0.2, -0.15) is 0 Å². The summed E-state index contributed by atoms with van der Waals surface area (Å²) in [6.45, 7) is 7.13. The Morgan fingerprint density at radius 2 is 2.28 bits per heavy atom. The monoisotopic (exact) mass is 272 g/mol. The average Bonchev–Trinajstić information content (AvgIpc) is 2.72. The minimum absolute atomic E-state index is 0.0570. The number of carboxylic acid groups (broad SMARTS) is 1. The van der Waals surface area contributed by atoms with Crippen molar-refractivity contribution in [1.29, 1.82) is 0 Å². The van der Waals surface area contributed by atoms with Crippen LogP contribution in [0.15, 0.2) is 5.38 Å². The standard InChI is InChI=1S/C12H20N2O3S/c1-12(2,3)11-14-8(7-18-11)9(10(15)16)13-5-6-17-4/h7,9,13H,5-6H2,1-4H3,(H,15,16). The van der Waals surface area contributed by atoms with E-state index in [0.29, 0.717) is 18.8 Å². The molecule has 1 aromatic heterocycles. The fourth-order valence-corrected chi connectivity index (χ4v) is 2.32. The Kier molecular flexibility index (Phi) is 5.25. The second-order valence-electron chi connectivity index (χ2n) is 5.05. The van der Waals surface area contributed by atoms with Gasteiger partial charge in [-0.15, -0.1) is 11.3 Å². The van der Waals surface area contributed by atoms with Gasteiger partial charge in [0.1, 0.15) is 6.04 Å². The molecule has 1 aromatic rings. The fraction of sp³-hybridized carbons (Fsp3) is 0.667. The van der Waals surface area contributed by atoms with Crippen LogP contribution in [0.25, 0.3) is 0 Å². The molecule has 0 aliphatic rings. The van der Waals surface area contributed by atoms with E-state index >= 15 is 0 Å². The molecule has 5 nitrogen and oxygen atoms in total. The number of methoxy groups -OCH3 is 1. The molecule has 0 saturated heterocycles. The lowest BCUT2D eigenvalue weighted by molar-refractivity contribution is -0.139. The zero-order valence-electron chi connectivity index (χ0n) is 11.2. The molecule has 0 bridgehead atoms. The van der Waals surface area contributed by atoms with E-state index in [0.717, 1.165) is 5.01 Å². The zero-order valence-corrected chi connectivity index (χ0v) is 12.0. The van der Waals surface area contributed by atoms with Crippen molar-refractivity contribution in [3.05, 3.63) is 16.1 Å². The lowest BCUT2D eigenvalue weighted by Crippen LogP contribution is -2.31. The molecule has 0 saturated carbocycles. The number of nitrogens with zero attached hydrogens (tertiary/aromatic N) is 1. The summed E-state index contributed by atoms with van der Waals surface area (Å²) in [7, 11) is 1.58. The first-order valence-electron chi connectivity index (χ1n) is 5.77. The van der Waals surface area contributed by atoms with Crippen molar-refractivity contribution in [3.63, 3.8) is 0 Å². The summed E-state index contributed by atoms with van der Waals surface area (Å²) in [6.07, 6.45) is 0. The van der Waals surface area contributed by atoms with Crippen LogP contribution >= 0.6 is 11.3 Å². The van der Waals surface area contributed by atoms with Crippen LogP contribution in [0.1, 0.15) is 37.5 Å². The maximum atomic E-state index is 11.2. The molecule has 18 heavy (non-hydrogen) atoms. The maximum absolute atomic E-state index is 11.2. The van der Waals surface area contributed by atoms with E-state index in [9.17, 15) is 9.90 Å². The topological polar surface area (TPSA) is 71.5 Å². The van der Waals surface area contributed by atoms with E-state index in [4.69, 9.17) is 4.74 Å². The number of carboxylic acids is 1. The van der Waals surface area contributed by atoms with Crippen LogP contribution in [-0.4, -0.2) is 36.3 Å². The molecule has 2 N–H and O–H groups in total. The van der Waals surface area contributed by atoms with Gasteiger partial charge < -0.3 is 9.84 Å². The first kappa shape index (κ1) is 15.1. The smallest absolute Gasteiger partial charge is 0.327 e. The fourth-order valence-electron chi connectivity index (χ4n) is 1.39. The van der Waals surface area contributed by atoms with Gasteiger partial charge >= 0.3 is 5.97 Å². The van der Waals surface area contributed by atoms with Crippen LogP contribution in [0.3, 0.4) is 0 Å². The Bertz CT molecular complexity index is 398. The van der Waals surface area contributed by atoms with Gasteiger partial charge in [-0.05, 0) is 0 Å². The van der Waals surface area contributed by atoms with Crippen molar-refractivity contribution in [3.8, 4) is 0 Å². The van der Waals surface area contributed by atoms with Crippen molar-refractivity contribution >= 4 is 17.3 Å². The van der Waals surface area contributed by atoms with Gasteiger partial charge in [-0.3, -0.25) is 10.1 Å². The molecule has 0 amide bonds. The quantitative estimate of drug-likeness (QED) is 0.773. The van der Waals surface area contributed by atoms with Crippen LogP contribution < -0.4 is 5.32 Å². The number of hydrogen-bond acceptors (Lipinski definition) is 5. The molecule has 0 spiro atoms. The number of rotatable bonds is 6. The summed E-state index contributed by atoms with van der Waals surface area (Å²) in [5.41, 5.74) is 0.506. The molecule has 0 aromatic carbocycles. The van der Waals surface area contributed by atoms with Crippen molar-refractivity contribution in [2.45, 2.75) is 32.2 Å². The van der Waals surface area contributed by atoms with E-state index in [1.165, 1.54) is 11.3 Å². The molecule has 1 unspecified atom stereocenters. The van der Waals surface area contributed by atoms with E-state index in [2.05, 4.69) is 31.1 Å². The van der Waals surface area contributed by atoms with Crippen molar-refractivity contribution in [2.75, 3.05) is 20.3 Å². The summed E-state index contributed by atoms with van der Waals surface area (Å²) in [5, 5.41) is 14.9. The number of aromatic nitrogens is 1. The van der Waals surface area contributed by atoms with Crippen LogP contribution in [0.5, 0.6) is 0 Å². The molecule has 0 aliphatic carbocycles. The third-order valence-corrected chi connectivity index (χ3v) is 3.65. The highest BCUT2D eigenvalue weighted by atomic mass is 32.1. The molecule has 1 rings (SSSR count). The molecule has 102 valence electrons. The highest BCUT2D eigenvalue weighted by Crippen LogP contribution is 2.27. The first-order valence-corrected chi connectivity index (χ1v) is 6.65. The van der Waals surface area contributed by atoms with Gasteiger partial charge in [0, 0.05) is 24.4 Å². The number of carbonyl (C=O) groups is 1. The predicted octanol–water partition coefficient (Wildman–Crippen LogP) is 1.80. The molecular weight excluding hydrogens is 252 g/mol. The van der Waals surface area contributed by atoms with Crippen LogP contribution in [0.4, 0.5) is 0 Å². The Morgan fingerprint density at radius 3 is 2.72 bits per heavy atom. The highest BCUT2D eigenvalue weighted by Gasteiger charge is 2.25. The largest absolute Gasteiger partial charge is 0.480 e. The molecular formula is C12H20N2O3S. The number of thiazole rings is 1. The third-order valence-electron chi connectivity index (χ3n) is 2.36. The lowest BCUT2D eigenvalue weighted by Gasteiger charge is -2.15.